The molecule has 0 bridgehead atoms. The molecule has 6 nitrogen and oxygen atoms in total. The number of phenols is 3. The normalized spacial score (nSPS) is 12.3. The van der Waals surface area contributed by atoms with Crippen molar-refractivity contribution in [1.29, 1.82) is 0 Å². The second-order valence-corrected chi connectivity index (χ2v) is 18.1. The quantitative estimate of drug-likeness (QED) is 0.0995. The van der Waals surface area contributed by atoms with Gasteiger partial charge in [0.2, 0.25) is 0 Å². The molecular weight excluding hydrogens is 745 g/mol. The molecule has 0 aliphatic rings. The molecule has 6 heteroatoms. The minimum Gasteiger partial charge on any atom is -0.507 e. The van der Waals surface area contributed by atoms with E-state index in [2.05, 4.69) is 88.4 Å². The van der Waals surface area contributed by atoms with Gasteiger partial charge < -0.3 is 24.8 Å². The van der Waals surface area contributed by atoms with Crippen LogP contribution in [0, 0.1) is 83.1 Å². The summed E-state index contributed by atoms with van der Waals surface area (Å²) in [6, 6.07) is 21.9. The molecule has 0 saturated carbocycles. The summed E-state index contributed by atoms with van der Waals surface area (Å²) in [5.41, 5.74) is 17.1. The van der Waals surface area contributed by atoms with Gasteiger partial charge in [0.15, 0.2) is 6.61 Å². The number of carbonyl (C=O) groups excluding carboxylic acids is 1. The minimum atomic E-state index is -0.609. The molecule has 0 aromatic heterocycles. The summed E-state index contributed by atoms with van der Waals surface area (Å²) in [7, 11) is 0. The first-order chi connectivity index (χ1) is 28.0. The summed E-state index contributed by atoms with van der Waals surface area (Å²) in [5.74, 6) is 0.837. The van der Waals surface area contributed by atoms with Crippen LogP contribution in [0.3, 0.4) is 0 Å². The standard InChI is InChI=1S/C54H62O6/c1-27-20-43(31(5)35(9)50(27)56)48(44-21-28(2)51(57)36(10)32(44)6)40-18-16-39-17-19-41(25-42(39)24-40)49(45-22-29(3)52(58)37(11)33(45)7)46-23-30(4)53(38(12)34(46)8)59-26-47(55)60-54(13,14)15/h16-25,48-49,56-58H,26H2,1-15H3. The summed E-state index contributed by atoms with van der Waals surface area (Å²) in [6.45, 7) is 29.6. The summed E-state index contributed by atoms with van der Waals surface area (Å²) >= 11 is 0. The first-order valence-corrected chi connectivity index (χ1v) is 20.9. The van der Waals surface area contributed by atoms with E-state index in [1.165, 1.54) is 0 Å². The van der Waals surface area contributed by atoms with Crippen LogP contribution >= 0.6 is 0 Å². The van der Waals surface area contributed by atoms with Crippen LogP contribution < -0.4 is 4.74 Å². The summed E-state index contributed by atoms with van der Waals surface area (Å²) < 4.78 is 11.7. The van der Waals surface area contributed by atoms with Gasteiger partial charge in [0.1, 0.15) is 28.6 Å². The minimum absolute atomic E-state index is 0.171. The molecule has 0 aliphatic heterocycles. The van der Waals surface area contributed by atoms with E-state index in [1.807, 2.05) is 76.2 Å². The van der Waals surface area contributed by atoms with Crippen molar-refractivity contribution in [2.24, 2.45) is 0 Å². The maximum absolute atomic E-state index is 12.7. The molecule has 0 radical (unpaired) electrons. The Morgan fingerprint density at radius 3 is 1.20 bits per heavy atom. The van der Waals surface area contributed by atoms with Gasteiger partial charge in [-0.15, -0.1) is 0 Å². The highest BCUT2D eigenvalue weighted by atomic mass is 16.6. The number of aromatic hydroxyl groups is 3. The molecule has 6 aromatic carbocycles. The lowest BCUT2D eigenvalue weighted by atomic mass is 9.76. The third kappa shape index (κ3) is 8.09. The second kappa shape index (κ2) is 16.4. The van der Waals surface area contributed by atoms with Gasteiger partial charge >= 0.3 is 5.97 Å². The van der Waals surface area contributed by atoms with E-state index in [0.717, 1.165) is 111 Å². The zero-order valence-electron chi connectivity index (χ0n) is 38.2. The molecule has 314 valence electrons. The Morgan fingerprint density at radius 1 is 0.483 bits per heavy atom. The Bertz CT molecular complexity index is 2630. The molecule has 0 saturated heterocycles. The highest BCUT2D eigenvalue weighted by molar-refractivity contribution is 5.85. The fourth-order valence-corrected chi connectivity index (χ4v) is 9.01. The smallest absolute Gasteiger partial charge is 0.344 e. The number of rotatable bonds is 9. The monoisotopic (exact) mass is 806 g/mol. The van der Waals surface area contributed by atoms with Crippen LogP contribution in [0.25, 0.3) is 10.8 Å². The lowest BCUT2D eigenvalue weighted by Gasteiger charge is -2.28. The highest BCUT2D eigenvalue weighted by Gasteiger charge is 2.28. The molecule has 3 N–H and O–H groups in total. The van der Waals surface area contributed by atoms with Gasteiger partial charge in [0.05, 0.1) is 0 Å². The second-order valence-electron chi connectivity index (χ2n) is 18.1. The SMILES string of the molecule is Cc1cc(C(c2ccc3ccc(C(c4cc(C)c(O)c(C)c4C)c4cc(C)c(OCC(=O)OC(C)(C)C)c(C)c4C)cc3c2)c2cc(C)c(O)c(C)c2C)c(C)c(C)c1O. The molecular formula is C54H62O6. The lowest BCUT2D eigenvalue weighted by Crippen LogP contribution is -2.27. The number of phenolic OH excluding ortho intramolecular Hbond substituents is 3. The molecule has 0 aliphatic carbocycles. The van der Waals surface area contributed by atoms with Gasteiger partial charge in [-0.1, -0.05) is 60.7 Å². The molecule has 6 aromatic rings. The van der Waals surface area contributed by atoms with E-state index >= 15 is 0 Å². The molecule has 0 heterocycles. The lowest BCUT2D eigenvalue weighted by molar-refractivity contribution is -0.157. The summed E-state index contributed by atoms with van der Waals surface area (Å²) in [4.78, 5) is 12.7. The average Bonchev–Trinajstić information content (AvgIpc) is 3.19. The number of fused-ring (bicyclic) bond motifs is 1. The number of hydrogen-bond donors (Lipinski definition) is 3. The van der Waals surface area contributed by atoms with Gasteiger partial charge in [-0.2, -0.15) is 0 Å². The van der Waals surface area contributed by atoms with Gasteiger partial charge in [0, 0.05) is 11.8 Å². The third-order valence-corrected chi connectivity index (χ3v) is 12.9. The van der Waals surface area contributed by atoms with Crippen molar-refractivity contribution in [2.75, 3.05) is 6.61 Å². The Morgan fingerprint density at radius 2 is 0.833 bits per heavy atom. The van der Waals surface area contributed by atoms with E-state index in [0.29, 0.717) is 23.0 Å². The van der Waals surface area contributed by atoms with E-state index < -0.39 is 11.6 Å². The molecule has 6 rings (SSSR count). The summed E-state index contributed by atoms with van der Waals surface area (Å²) in [6.07, 6.45) is 0. The van der Waals surface area contributed by atoms with Crippen LogP contribution in [-0.4, -0.2) is 33.5 Å². The maximum atomic E-state index is 12.7. The van der Waals surface area contributed by atoms with Crippen LogP contribution in [0.4, 0.5) is 0 Å². The van der Waals surface area contributed by atoms with Crippen molar-refractivity contribution in [2.45, 2.75) is 121 Å². The Balaban J connectivity index is 1.58. The Labute approximate surface area is 356 Å². The predicted octanol–water partition coefficient (Wildman–Crippen LogP) is 12.7. The van der Waals surface area contributed by atoms with Crippen molar-refractivity contribution in [3.05, 3.63) is 161 Å². The number of hydrogen-bond acceptors (Lipinski definition) is 6. The highest BCUT2D eigenvalue weighted by Crippen LogP contribution is 2.45. The molecule has 0 amide bonds. The molecule has 0 spiro atoms. The number of ether oxygens (including phenoxy) is 2. The third-order valence-electron chi connectivity index (χ3n) is 12.9. The van der Waals surface area contributed by atoms with Gasteiger partial charge in [-0.3, -0.25) is 0 Å². The van der Waals surface area contributed by atoms with Crippen molar-refractivity contribution in [1.82, 2.24) is 0 Å². The number of aryl methyl sites for hydroxylation is 4. The predicted molar refractivity (Wildman–Crippen MR) is 245 cm³/mol. The molecule has 60 heavy (non-hydrogen) atoms. The van der Waals surface area contributed by atoms with Gasteiger partial charge in [-0.05, 0) is 215 Å². The zero-order chi connectivity index (χ0) is 44.3. The van der Waals surface area contributed by atoms with E-state index in [4.69, 9.17) is 9.47 Å². The average molecular weight is 807 g/mol. The van der Waals surface area contributed by atoms with E-state index in [1.54, 1.807) is 0 Å². The fraction of sp³-hybridized carbons (Fsp3) is 0.352. The fourth-order valence-electron chi connectivity index (χ4n) is 9.01. The Kier molecular flexibility index (Phi) is 12.0. The van der Waals surface area contributed by atoms with Crippen LogP contribution in [0.1, 0.15) is 133 Å². The van der Waals surface area contributed by atoms with E-state index in [9.17, 15) is 20.1 Å². The van der Waals surface area contributed by atoms with Gasteiger partial charge in [0.25, 0.3) is 0 Å². The van der Waals surface area contributed by atoms with Crippen LogP contribution in [0.5, 0.6) is 23.0 Å². The van der Waals surface area contributed by atoms with Crippen molar-refractivity contribution in [3.8, 4) is 23.0 Å². The largest absolute Gasteiger partial charge is 0.507 e. The molecule has 0 fully saturated rings. The first kappa shape index (κ1) is 43.8. The molecule has 1 atom stereocenters. The van der Waals surface area contributed by atoms with Crippen molar-refractivity contribution in [3.63, 3.8) is 0 Å². The van der Waals surface area contributed by atoms with Gasteiger partial charge in [-0.25, -0.2) is 4.79 Å². The van der Waals surface area contributed by atoms with Crippen LogP contribution in [0.2, 0.25) is 0 Å². The van der Waals surface area contributed by atoms with Crippen LogP contribution in [-0.2, 0) is 9.53 Å². The molecule has 1 unspecified atom stereocenters. The zero-order valence-corrected chi connectivity index (χ0v) is 38.2. The van der Waals surface area contributed by atoms with E-state index in [-0.39, 0.29) is 18.4 Å². The van der Waals surface area contributed by atoms with Crippen molar-refractivity contribution < 1.29 is 29.6 Å². The summed E-state index contributed by atoms with van der Waals surface area (Å²) in [5, 5.41) is 35.2. The number of esters is 1. The first-order valence-electron chi connectivity index (χ1n) is 20.9. The number of carbonyl (C=O) groups is 1. The van der Waals surface area contributed by atoms with Crippen molar-refractivity contribution >= 4 is 16.7 Å². The number of benzene rings is 6. The Hall–Kier alpha value is -5.75. The topological polar surface area (TPSA) is 96.2 Å². The van der Waals surface area contributed by atoms with Crippen LogP contribution in [0.15, 0.2) is 60.7 Å². The maximum Gasteiger partial charge on any atom is 0.344 e.